The Morgan fingerprint density at radius 3 is 2.55 bits per heavy atom. The first kappa shape index (κ1) is 22.9. The second-order valence-electron chi connectivity index (χ2n) is 7.95. The smallest absolute Gasteiger partial charge is 0.258 e. The molecule has 8 heteroatoms. The van der Waals surface area contributed by atoms with E-state index in [0.717, 1.165) is 43.8 Å². The lowest BCUT2D eigenvalue weighted by Gasteiger charge is -2.15. The van der Waals surface area contributed by atoms with Crippen LogP contribution in [0.1, 0.15) is 67.2 Å². The molecule has 1 aliphatic carbocycles. The van der Waals surface area contributed by atoms with E-state index in [9.17, 15) is 13.2 Å². The van der Waals surface area contributed by atoms with Crippen molar-refractivity contribution in [2.24, 2.45) is 0 Å². The van der Waals surface area contributed by atoms with Crippen molar-refractivity contribution < 1.29 is 17.9 Å². The fraction of sp³-hybridized carbons (Fsp3) is 0.435. The largest absolute Gasteiger partial charge is 0.438 e. The molecule has 0 radical (unpaired) electrons. The number of ether oxygens (including phenoxy) is 1. The lowest BCUT2D eigenvalue weighted by molar-refractivity contribution is 0.0943. The lowest BCUT2D eigenvalue weighted by Crippen LogP contribution is -2.31. The van der Waals surface area contributed by atoms with Gasteiger partial charge in [0.25, 0.3) is 5.91 Å². The zero-order valence-electron chi connectivity index (χ0n) is 18.2. The highest BCUT2D eigenvalue weighted by atomic mass is 32.2. The van der Waals surface area contributed by atoms with Gasteiger partial charge < -0.3 is 10.1 Å². The maximum atomic E-state index is 12.9. The van der Waals surface area contributed by atoms with Crippen molar-refractivity contribution in [3.05, 3.63) is 58.9 Å². The topological polar surface area (TPSA) is 98.2 Å². The van der Waals surface area contributed by atoms with Gasteiger partial charge in [-0.15, -0.1) is 0 Å². The van der Waals surface area contributed by atoms with Gasteiger partial charge in [0, 0.05) is 29.8 Å². The van der Waals surface area contributed by atoms with Crippen molar-refractivity contribution >= 4 is 15.7 Å². The Bertz CT molecular complexity index is 1040. The van der Waals surface area contributed by atoms with E-state index in [2.05, 4.69) is 22.2 Å². The zero-order valence-corrected chi connectivity index (χ0v) is 19.0. The second kappa shape index (κ2) is 10.0. The van der Waals surface area contributed by atoms with E-state index in [1.165, 1.54) is 17.8 Å². The van der Waals surface area contributed by atoms with Gasteiger partial charge in [-0.2, -0.15) is 4.98 Å². The average molecular weight is 444 g/mol. The van der Waals surface area contributed by atoms with Crippen LogP contribution >= 0.6 is 0 Å². The number of nitrogens with one attached hydrogen (secondary N) is 1. The highest BCUT2D eigenvalue weighted by Gasteiger charge is 2.24. The number of benzene rings is 1. The summed E-state index contributed by atoms with van der Waals surface area (Å²) in [4.78, 5) is 21.9. The lowest BCUT2D eigenvalue weighted by atomic mass is 10.1. The predicted octanol–water partition coefficient (Wildman–Crippen LogP) is 4.17. The van der Waals surface area contributed by atoms with Gasteiger partial charge in [0.15, 0.2) is 9.84 Å². The Labute approximate surface area is 183 Å². The Balaban J connectivity index is 1.86. The quantitative estimate of drug-likeness (QED) is 0.658. The van der Waals surface area contributed by atoms with Gasteiger partial charge in [0.2, 0.25) is 5.88 Å². The molecule has 166 valence electrons. The van der Waals surface area contributed by atoms with Crippen LogP contribution in [-0.4, -0.2) is 36.6 Å². The molecule has 1 aromatic heterocycles. The van der Waals surface area contributed by atoms with Crippen molar-refractivity contribution in [1.29, 1.82) is 0 Å². The number of hydrogen-bond acceptors (Lipinski definition) is 6. The summed E-state index contributed by atoms with van der Waals surface area (Å²) in [6.45, 7) is 3.77. The Hall–Kier alpha value is -2.74. The van der Waals surface area contributed by atoms with Gasteiger partial charge in [-0.3, -0.25) is 4.79 Å². The third-order valence-electron chi connectivity index (χ3n) is 5.26. The molecule has 31 heavy (non-hydrogen) atoms. The van der Waals surface area contributed by atoms with Gasteiger partial charge in [-0.05, 0) is 43.9 Å². The molecular formula is C23H29N3O4S. The fourth-order valence-corrected chi connectivity index (χ4v) is 4.01. The molecule has 3 rings (SSSR count). The number of nitrogens with zero attached hydrogens (tertiary/aromatic N) is 2. The van der Waals surface area contributed by atoms with Gasteiger partial charge >= 0.3 is 0 Å². The second-order valence-corrected chi connectivity index (χ2v) is 9.88. The molecule has 1 unspecified atom stereocenters. The number of carbonyl (C=O) groups is 1. The van der Waals surface area contributed by atoms with Crippen LogP contribution in [0, 0.1) is 0 Å². The van der Waals surface area contributed by atoms with Crippen molar-refractivity contribution in [3.63, 3.8) is 0 Å². The van der Waals surface area contributed by atoms with Gasteiger partial charge in [0.05, 0.1) is 0 Å². The summed E-state index contributed by atoms with van der Waals surface area (Å²) in [5, 5.41) is 3.83. The molecule has 7 nitrogen and oxygen atoms in total. The first-order valence-corrected chi connectivity index (χ1v) is 12.5. The molecule has 0 saturated heterocycles. The van der Waals surface area contributed by atoms with Crippen LogP contribution in [-0.2, 0) is 16.3 Å². The van der Waals surface area contributed by atoms with Crippen LogP contribution in [0.4, 0.5) is 0 Å². The highest BCUT2D eigenvalue weighted by Crippen LogP contribution is 2.34. The normalized spacial score (nSPS) is 15.8. The molecule has 1 aromatic carbocycles. The molecule has 1 N–H and O–H groups in total. The van der Waals surface area contributed by atoms with Crippen LogP contribution in [0.25, 0.3) is 0 Å². The molecule has 1 amide bonds. The predicted molar refractivity (Wildman–Crippen MR) is 120 cm³/mol. The minimum absolute atomic E-state index is 0.206. The van der Waals surface area contributed by atoms with E-state index in [4.69, 9.17) is 4.74 Å². The average Bonchev–Trinajstić information content (AvgIpc) is 3.27. The summed E-state index contributed by atoms with van der Waals surface area (Å²) in [5.74, 6) is 1.34. The maximum absolute atomic E-state index is 12.9. The highest BCUT2D eigenvalue weighted by molar-refractivity contribution is 7.93. The van der Waals surface area contributed by atoms with Gasteiger partial charge in [-0.25, -0.2) is 13.4 Å². The Morgan fingerprint density at radius 1 is 1.26 bits per heavy atom. The summed E-state index contributed by atoms with van der Waals surface area (Å²) in [6, 6.07) is 7.18. The molecule has 1 fully saturated rings. The van der Waals surface area contributed by atoms with Gasteiger partial charge in [0.1, 0.15) is 17.1 Å². The summed E-state index contributed by atoms with van der Waals surface area (Å²) >= 11 is 0. The standard InChI is InChI=1S/C23H29N3O4S/c1-4-17-9-11-19(12-10-17)30-23-20(15-24-21(26-23)18-7-5-6-8-18)22(27)25-16(2)13-14-31(3,28)29/h9-16,18H,4-8H2,1-3H3,(H,25,27)/b14-13+. The molecule has 0 bridgehead atoms. The van der Waals surface area contributed by atoms with E-state index in [1.54, 1.807) is 6.92 Å². The van der Waals surface area contributed by atoms with Crippen LogP contribution in [0.2, 0.25) is 0 Å². The summed E-state index contributed by atoms with van der Waals surface area (Å²) < 4.78 is 28.6. The Kier molecular flexibility index (Phi) is 7.43. The minimum Gasteiger partial charge on any atom is -0.438 e. The SMILES string of the molecule is CCc1ccc(Oc2nc(C3CCCC3)ncc2C(=O)NC(C)/C=C/S(C)(=O)=O)cc1. The number of sulfone groups is 1. The minimum atomic E-state index is -3.27. The molecule has 1 heterocycles. The number of aryl methyl sites for hydroxylation is 1. The third-order valence-corrected chi connectivity index (χ3v) is 5.91. The van der Waals surface area contributed by atoms with Crippen molar-refractivity contribution in [3.8, 4) is 11.6 Å². The monoisotopic (exact) mass is 443 g/mol. The van der Waals surface area contributed by atoms with E-state index >= 15 is 0 Å². The summed E-state index contributed by atoms with van der Waals surface area (Å²) in [6.07, 6.45) is 9.30. The fourth-order valence-electron chi connectivity index (χ4n) is 3.49. The molecule has 0 spiro atoms. The third kappa shape index (κ3) is 6.62. The van der Waals surface area contributed by atoms with Crippen LogP contribution in [0.15, 0.2) is 41.9 Å². The van der Waals surface area contributed by atoms with E-state index in [1.807, 2.05) is 24.3 Å². The van der Waals surface area contributed by atoms with E-state index in [-0.39, 0.29) is 17.4 Å². The van der Waals surface area contributed by atoms with Crippen LogP contribution in [0.5, 0.6) is 11.6 Å². The van der Waals surface area contributed by atoms with Gasteiger partial charge in [-0.1, -0.05) is 38.0 Å². The summed E-state index contributed by atoms with van der Waals surface area (Å²) in [5.41, 5.74) is 1.40. The maximum Gasteiger partial charge on any atom is 0.258 e. The van der Waals surface area contributed by atoms with E-state index < -0.39 is 21.8 Å². The van der Waals surface area contributed by atoms with Crippen LogP contribution in [0.3, 0.4) is 0 Å². The van der Waals surface area contributed by atoms with Crippen LogP contribution < -0.4 is 10.1 Å². The first-order chi connectivity index (χ1) is 14.7. The van der Waals surface area contributed by atoms with Crippen molar-refractivity contribution in [2.45, 2.75) is 57.9 Å². The number of rotatable bonds is 8. The molecule has 0 aliphatic heterocycles. The van der Waals surface area contributed by atoms with Crippen molar-refractivity contribution in [1.82, 2.24) is 15.3 Å². The Morgan fingerprint density at radius 2 is 1.94 bits per heavy atom. The molecule has 2 aromatic rings. The molecule has 1 aliphatic rings. The zero-order chi connectivity index (χ0) is 22.4. The first-order valence-electron chi connectivity index (χ1n) is 10.6. The number of hydrogen-bond donors (Lipinski definition) is 1. The number of amides is 1. The number of aromatic nitrogens is 2. The van der Waals surface area contributed by atoms with E-state index in [0.29, 0.717) is 11.6 Å². The molecular weight excluding hydrogens is 414 g/mol. The summed E-state index contributed by atoms with van der Waals surface area (Å²) in [7, 11) is -3.27. The molecule has 1 atom stereocenters. The van der Waals surface area contributed by atoms with Crippen molar-refractivity contribution in [2.75, 3.05) is 6.26 Å². The molecule has 1 saturated carbocycles. The number of carbonyl (C=O) groups excluding carboxylic acids is 1.